The summed E-state index contributed by atoms with van der Waals surface area (Å²) in [4.78, 5) is 11.5. The van der Waals surface area contributed by atoms with Crippen LogP contribution in [0.25, 0.3) is 11.3 Å². The summed E-state index contributed by atoms with van der Waals surface area (Å²) in [7, 11) is -3.45. The van der Waals surface area contributed by atoms with E-state index in [0.717, 1.165) is 12.3 Å². The highest BCUT2D eigenvalue weighted by Gasteiger charge is 2.17. The standard InChI is InChI=1S/C13H12O4S/c1-9-11(18(2,15)16)8-12(14)17-13(9)10-6-4-3-5-7-10/h3-8H,1-2H3. The van der Waals surface area contributed by atoms with Crippen LogP contribution in [0.1, 0.15) is 5.56 Å². The Kier molecular flexibility index (Phi) is 3.09. The molecular weight excluding hydrogens is 252 g/mol. The van der Waals surface area contributed by atoms with E-state index in [-0.39, 0.29) is 4.90 Å². The predicted molar refractivity (Wildman–Crippen MR) is 68.3 cm³/mol. The number of hydrogen-bond donors (Lipinski definition) is 0. The van der Waals surface area contributed by atoms with Gasteiger partial charge in [-0.25, -0.2) is 13.2 Å². The van der Waals surface area contributed by atoms with E-state index in [9.17, 15) is 13.2 Å². The molecule has 2 rings (SSSR count). The molecule has 0 radical (unpaired) electrons. The van der Waals surface area contributed by atoms with Gasteiger partial charge in [0.05, 0.1) is 4.90 Å². The molecule has 0 fully saturated rings. The van der Waals surface area contributed by atoms with Crippen molar-refractivity contribution in [3.8, 4) is 11.3 Å². The van der Waals surface area contributed by atoms with Crippen molar-refractivity contribution in [2.24, 2.45) is 0 Å². The van der Waals surface area contributed by atoms with Gasteiger partial charge in [-0.3, -0.25) is 0 Å². The fourth-order valence-corrected chi connectivity index (χ4v) is 2.74. The van der Waals surface area contributed by atoms with Crippen LogP contribution in [0.2, 0.25) is 0 Å². The second kappa shape index (κ2) is 4.42. The summed E-state index contributed by atoms with van der Waals surface area (Å²) in [6, 6.07) is 9.95. The first-order chi connectivity index (χ1) is 8.39. The first kappa shape index (κ1) is 12.6. The van der Waals surface area contributed by atoms with Crippen LogP contribution in [-0.4, -0.2) is 14.7 Å². The Morgan fingerprint density at radius 1 is 1.11 bits per heavy atom. The van der Waals surface area contributed by atoms with Crippen LogP contribution < -0.4 is 5.63 Å². The third kappa shape index (κ3) is 2.36. The molecule has 18 heavy (non-hydrogen) atoms. The maximum atomic E-state index is 11.6. The van der Waals surface area contributed by atoms with E-state index in [1.807, 2.05) is 6.07 Å². The van der Waals surface area contributed by atoms with Gasteiger partial charge in [0.25, 0.3) is 0 Å². The molecule has 1 aromatic carbocycles. The van der Waals surface area contributed by atoms with Gasteiger partial charge in [-0.2, -0.15) is 0 Å². The largest absolute Gasteiger partial charge is 0.422 e. The summed E-state index contributed by atoms with van der Waals surface area (Å²) in [6.45, 7) is 1.63. The third-order valence-electron chi connectivity index (χ3n) is 2.60. The Hall–Kier alpha value is -1.88. The molecular formula is C13H12O4S. The fourth-order valence-electron chi connectivity index (χ4n) is 1.78. The zero-order chi connectivity index (χ0) is 13.3. The maximum absolute atomic E-state index is 11.6. The molecule has 0 aliphatic rings. The molecule has 0 N–H and O–H groups in total. The monoisotopic (exact) mass is 264 g/mol. The minimum Gasteiger partial charge on any atom is -0.422 e. The number of benzene rings is 1. The van der Waals surface area contributed by atoms with Gasteiger partial charge in [-0.05, 0) is 6.92 Å². The lowest BCUT2D eigenvalue weighted by Crippen LogP contribution is -2.08. The molecule has 94 valence electrons. The summed E-state index contributed by atoms with van der Waals surface area (Å²) >= 11 is 0. The minimum atomic E-state index is -3.45. The van der Waals surface area contributed by atoms with E-state index in [2.05, 4.69) is 0 Å². The molecule has 0 unspecified atom stereocenters. The number of rotatable bonds is 2. The second-order valence-corrected chi connectivity index (χ2v) is 6.01. The lowest BCUT2D eigenvalue weighted by atomic mass is 10.1. The molecule has 0 amide bonds. The van der Waals surface area contributed by atoms with Crippen molar-refractivity contribution < 1.29 is 12.8 Å². The van der Waals surface area contributed by atoms with Gasteiger partial charge in [-0.1, -0.05) is 30.3 Å². The lowest BCUT2D eigenvalue weighted by Gasteiger charge is -2.07. The highest BCUT2D eigenvalue weighted by Crippen LogP contribution is 2.26. The summed E-state index contributed by atoms with van der Waals surface area (Å²) in [5, 5.41) is 0. The van der Waals surface area contributed by atoms with Crippen LogP contribution in [0.4, 0.5) is 0 Å². The van der Waals surface area contributed by atoms with Crippen molar-refractivity contribution in [3.05, 3.63) is 52.4 Å². The number of hydrogen-bond acceptors (Lipinski definition) is 4. The average molecular weight is 264 g/mol. The van der Waals surface area contributed by atoms with Gasteiger partial charge < -0.3 is 4.42 Å². The van der Waals surface area contributed by atoms with E-state index in [1.54, 1.807) is 31.2 Å². The Balaban J connectivity index is 2.79. The Labute approximate surface area is 105 Å². The van der Waals surface area contributed by atoms with Crippen molar-refractivity contribution in [2.75, 3.05) is 6.26 Å². The summed E-state index contributed by atoms with van der Waals surface area (Å²) in [5.41, 5.74) is 0.459. The van der Waals surface area contributed by atoms with E-state index in [1.165, 1.54) is 0 Å². The van der Waals surface area contributed by atoms with Crippen molar-refractivity contribution in [1.29, 1.82) is 0 Å². The molecule has 1 heterocycles. The van der Waals surface area contributed by atoms with Crippen LogP contribution in [-0.2, 0) is 9.84 Å². The Bertz CT molecular complexity index is 727. The van der Waals surface area contributed by atoms with Crippen LogP contribution >= 0.6 is 0 Å². The topological polar surface area (TPSA) is 64.3 Å². The van der Waals surface area contributed by atoms with Crippen molar-refractivity contribution in [3.63, 3.8) is 0 Å². The molecule has 2 aromatic rings. The van der Waals surface area contributed by atoms with Gasteiger partial charge >= 0.3 is 5.63 Å². The molecule has 4 nitrogen and oxygen atoms in total. The first-order valence-electron chi connectivity index (χ1n) is 5.30. The van der Waals surface area contributed by atoms with E-state index < -0.39 is 15.5 Å². The fraction of sp³-hybridized carbons (Fsp3) is 0.154. The summed E-state index contributed by atoms with van der Waals surface area (Å²) in [5.74, 6) is 0.295. The van der Waals surface area contributed by atoms with Gasteiger partial charge in [0.2, 0.25) is 0 Å². The Morgan fingerprint density at radius 3 is 2.28 bits per heavy atom. The second-order valence-electron chi connectivity index (χ2n) is 4.02. The van der Waals surface area contributed by atoms with Gasteiger partial charge in [-0.15, -0.1) is 0 Å². The molecule has 0 bridgehead atoms. The highest BCUT2D eigenvalue weighted by atomic mass is 32.2. The minimum absolute atomic E-state index is 0.0117. The third-order valence-corrected chi connectivity index (χ3v) is 3.82. The highest BCUT2D eigenvalue weighted by molar-refractivity contribution is 7.90. The quantitative estimate of drug-likeness (QED) is 0.832. The van der Waals surface area contributed by atoms with Gasteiger partial charge in [0.15, 0.2) is 9.84 Å². The molecule has 0 spiro atoms. The summed E-state index contributed by atoms with van der Waals surface area (Å²) in [6.07, 6.45) is 1.07. The average Bonchev–Trinajstić information content (AvgIpc) is 2.31. The van der Waals surface area contributed by atoms with Gasteiger partial charge in [0, 0.05) is 23.4 Å². The van der Waals surface area contributed by atoms with Gasteiger partial charge in [0.1, 0.15) is 5.76 Å². The van der Waals surface area contributed by atoms with Crippen LogP contribution in [0.3, 0.4) is 0 Å². The zero-order valence-electron chi connectivity index (χ0n) is 10.0. The maximum Gasteiger partial charge on any atom is 0.337 e. The van der Waals surface area contributed by atoms with Crippen LogP contribution in [0.5, 0.6) is 0 Å². The predicted octanol–water partition coefficient (Wildman–Crippen LogP) is 2.02. The molecule has 0 aliphatic heterocycles. The molecule has 5 heteroatoms. The lowest BCUT2D eigenvalue weighted by molar-refractivity contribution is 0.514. The normalized spacial score (nSPS) is 11.4. The van der Waals surface area contributed by atoms with E-state index in [4.69, 9.17) is 4.42 Å². The van der Waals surface area contributed by atoms with E-state index >= 15 is 0 Å². The molecule has 0 saturated heterocycles. The van der Waals surface area contributed by atoms with Crippen molar-refractivity contribution >= 4 is 9.84 Å². The van der Waals surface area contributed by atoms with Crippen LogP contribution in [0, 0.1) is 6.92 Å². The SMILES string of the molecule is Cc1c(S(C)(=O)=O)cc(=O)oc1-c1ccccc1. The molecule has 1 aromatic heterocycles. The van der Waals surface area contributed by atoms with Crippen molar-refractivity contribution in [1.82, 2.24) is 0 Å². The smallest absolute Gasteiger partial charge is 0.337 e. The summed E-state index contributed by atoms with van der Waals surface area (Å²) < 4.78 is 28.3. The van der Waals surface area contributed by atoms with E-state index in [0.29, 0.717) is 16.9 Å². The Morgan fingerprint density at radius 2 is 1.72 bits per heavy atom. The van der Waals surface area contributed by atoms with Crippen LogP contribution in [0.15, 0.2) is 50.5 Å². The number of sulfone groups is 1. The first-order valence-corrected chi connectivity index (χ1v) is 7.19. The molecule has 0 atom stereocenters. The molecule has 0 aliphatic carbocycles. The van der Waals surface area contributed by atoms with Crippen molar-refractivity contribution in [2.45, 2.75) is 11.8 Å². The molecule has 0 saturated carbocycles. The zero-order valence-corrected chi connectivity index (χ0v) is 10.8.